The lowest BCUT2D eigenvalue weighted by Crippen LogP contribution is -2.52. The van der Waals surface area contributed by atoms with Gasteiger partial charge in [-0.2, -0.15) is 0 Å². The number of nitrogens with zero attached hydrogens (tertiary/aromatic N) is 5. The maximum absolute atomic E-state index is 11.9. The Balaban J connectivity index is 1.79. The molecule has 0 saturated carbocycles. The molecule has 1 amide bonds. The van der Waals surface area contributed by atoms with Crippen LogP contribution < -0.4 is 5.32 Å². The Bertz CT molecular complexity index is 562. The first kappa shape index (κ1) is 20.8. The van der Waals surface area contributed by atoms with Crippen LogP contribution in [0.1, 0.15) is 25.0 Å². The first-order valence-corrected chi connectivity index (χ1v) is 9.11. The Kier molecular flexibility index (Phi) is 7.95. The molecule has 26 heavy (non-hydrogen) atoms. The van der Waals surface area contributed by atoms with Crippen LogP contribution in [0.2, 0.25) is 0 Å². The number of carbonyl (C=O) groups is 1. The number of likely N-dealkylation sites (N-methyl/N-ethyl adjacent to an activating group) is 1. The van der Waals surface area contributed by atoms with Gasteiger partial charge in [-0.1, -0.05) is 5.21 Å². The molecule has 9 nitrogen and oxygen atoms in total. The van der Waals surface area contributed by atoms with Gasteiger partial charge in [0.15, 0.2) is 0 Å². The van der Waals surface area contributed by atoms with Crippen molar-refractivity contribution >= 4 is 5.91 Å². The fraction of sp³-hybridized carbons (Fsp3) is 0.824. The van der Waals surface area contributed by atoms with Gasteiger partial charge in [0.2, 0.25) is 5.91 Å². The van der Waals surface area contributed by atoms with E-state index < -0.39 is 0 Å². The zero-order chi connectivity index (χ0) is 19.1. The fourth-order valence-electron chi connectivity index (χ4n) is 3.17. The number of aliphatic hydroxyl groups is 1. The molecule has 0 bridgehead atoms. The fourth-order valence-corrected chi connectivity index (χ4v) is 3.17. The molecule has 2 rings (SSSR count). The summed E-state index contributed by atoms with van der Waals surface area (Å²) in [7, 11) is 7.70. The maximum atomic E-state index is 11.9. The van der Waals surface area contributed by atoms with Gasteiger partial charge < -0.3 is 25.0 Å². The molecule has 1 aliphatic heterocycles. The van der Waals surface area contributed by atoms with Gasteiger partial charge in [0, 0.05) is 19.3 Å². The topological polar surface area (TPSA) is 95.8 Å². The number of aromatic nitrogens is 3. The average molecular weight is 368 g/mol. The summed E-state index contributed by atoms with van der Waals surface area (Å²) in [5, 5.41) is 20.9. The molecular weight excluding hydrogens is 336 g/mol. The van der Waals surface area contributed by atoms with Crippen LogP contribution in [-0.4, -0.2) is 95.4 Å². The highest BCUT2D eigenvalue weighted by molar-refractivity contribution is 5.78. The van der Waals surface area contributed by atoms with Crippen molar-refractivity contribution in [2.45, 2.75) is 50.6 Å². The van der Waals surface area contributed by atoms with Gasteiger partial charge in [-0.3, -0.25) is 9.48 Å². The van der Waals surface area contributed by atoms with E-state index in [4.69, 9.17) is 4.74 Å². The van der Waals surface area contributed by atoms with Crippen LogP contribution in [0.3, 0.4) is 0 Å². The molecule has 2 N–H and O–H groups in total. The molecule has 0 radical (unpaired) electrons. The van der Waals surface area contributed by atoms with Gasteiger partial charge in [0.1, 0.15) is 6.10 Å². The minimum absolute atomic E-state index is 0.0449. The van der Waals surface area contributed by atoms with E-state index in [-0.39, 0.29) is 30.8 Å². The number of rotatable bonds is 9. The zero-order valence-corrected chi connectivity index (χ0v) is 16.3. The molecule has 9 heteroatoms. The highest BCUT2D eigenvalue weighted by Gasteiger charge is 2.31. The van der Waals surface area contributed by atoms with Gasteiger partial charge in [0.05, 0.1) is 31.0 Å². The van der Waals surface area contributed by atoms with Gasteiger partial charge in [0.25, 0.3) is 0 Å². The van der Waals surface area contributed by atoms with E-state index in [0.717, 1.165) is 38.0 Å². The number of hydrogen-bond donors (Lipinski definition) is 2. The van der Waals surface area contributed by atoms with Crippen molar-refractivity contribution in [3.63, 3.8) is 0 Å². The van der Waals surface area contributed by atoms with E-state index >= 15 is 0 Å². The third-order valence-corrected chi connectivity index (χ3v) is 4.35. The van der Waals surface area contributed by atoms with Gasteiger partial charge in [-0.25, -0.2) is 0 Å². The lowest BCUT2D eigenvalue weighted by Gasteiger charge is -2.36. The lowest BCUT2D eigenvalue weighted by atomic mass is 9.97. The first-order chi connectivity index (χ1) is 12.4. The average Bonchev–Trinajstić information content (AvgIpc) is 2.99. The SMILES string of the molecule is CN(C)CC(=O)N[C@H]1CC[C@H](CCn2cc(CN(C)C)nn2)O[C@@H]1CO. The van der Waals surface area contributed by atoms with Crippen LogP contribution >= 0.6 is 0 Å². The summed E-state index contributed by atoms with van der Waals surface area (Å²) in [6, 6.07) is -0.137. The monoisotopic (exact) mass is 368 g/mol. The Labute approximate surface area is 155 Å². The Hall–Kier alpha value is -1.55. The molecule has 3 atom stereocenters. The third-order valence-electron chi connectivity index (χ3n) is 4.35. The number of ether oxygens (including phenoxy) is 1. The normalized spacial score (nSPS) is 23.6. The quantitative estimate of drug-likeness (QED) is 0.596. The van der Waals surface area contributed by atoms with Crippen LogP contribution in [0, 0.1) is 0 Å². The van der Waals surface area contributed by atoms with Crippen molar-refractivity contribution < 1.29 is 14.6 Å². The number of amides is 1. The van der Waals surface area contributed by atoms with Crippen LogP contribution in [0.4, 0.5) is 0 Å². The summed E-state index contributed by atoms with van der Waals surface area (Å²) >= 11 is 0. The zero-order valence-electron chi connectivity index (χ0n) is 16.3. The molecule has 1 fully saturated rings. The minimum Gasteiger partial charge on any atom is -0.394 e. The Morgan fingerprint density at radius 2 is 2.12 bits per heavy atom. The van der Waals surface area contributed by atoms with E-state index in [2.05, 4.69) is 20.5 Å². The highest BCUT2D eigenvalue weighted by Crippen LogP contribution is 2.22. The van der Waals surface area contributed by atoms with E-state index in [9.17, 15) is 9.90 Å². The summed E-state index contributed by atoms with van der Waals surface area (Å²) in [5.74, 6) is -0.0449. The summed E-state index contributed by atoms with van der Waals surface area (Å²) in [6.07, 6.45) is 4.10. The highest BCUT2D eigenvalue weighted by atomic mass is 16.5. The maximum Gasteiger partial charge on any atom is 0.234 e. The predicted molar refractivity (Wildman–Crippen MR) is 97.5 cm³/mol. The summed E-state index contributed by atoms with van der Waals surface area (Å²) in [4.78, 5) is 15.8. The van der Waals surface area contributed by atoms with Crippen LogP contribution in [0.15, 0.2) is 6.20 Å². The summed E-state index contributed by atoms with van der Waals surface area (Å²) in [6.45, 7) is 1.72. The van der Waals surface area contributed by atoms with Crippen molar-refractivity contribution in [3.05, 3.63) is 11.9 Å². The van der Waals surface area contributed by atoms with Crippen molar-refractivity contribution in [1.82, 2.24) is 30.1 Å². The van der Waals surface area contributed by atoms with Crippen molar-refractivity contribution in [2.75, 3.05) is 41.3 Å². The molecular formula is C17H32N6O3. The number of aliphatic hydroxyl groups excluding tert-OH is 1. The Morgan fingerprint density at radius 1 is 1.35 bits per heavy atom. The molecule has 148 valence electrons. The van der Waals surface area contributed by atoms with Gasteiger partial charge in [-0.05, 0) is 47.5 Å². The second-order valence-electron chi connectivity index (χ2n) is 7.47. The smallest absolute Gasteiger partial charge is 0.234 e. The first-order valence-electron chi connectivity index (χ1n) is 9.11. The molecule has 0 spiro atoms. The molecule has 1 saturated heterocycles. The van der Waals surface area contributed by atoms with E-state index in [0.29, 0.717) is 6.54 Å². The molecule has 0 aromatic carbocycles. The van der Waals surface area contributed by atoms with Gasteiger partial charge in [-0.15, -0.1) is 5.10 Å². The summed E-state index contributed by atoms with van der Waals surface area (Å²) in [5.41, 5.74) is 0.941. The second-order valence-corrected chi connectivity index (χ2v) is 7.47. The molecule has 1 aliphatic rings. The number of hydrogen-bond acceptors (Lipinski definition) is 7. The van der Waals surface area contributed by atoms with Crippen LogP contribution in [0.5, 0.6) is 0 Å². The van der Waals surface area contributed by atoms with Crippen molar-refractivity contribution in [3.8, 4) is 0 Å². The number of carbonyl (C=O) groups excluding carboxylic acids is 1. The van der Waals surface area contributed by atoms with Crippen LogP contribution in [0.25, 0.3) is 0 Å². The van der Waals surface area contributed by atoms with Crippen molar-refractivity contribution in [2.24, 2.45) is 0 Å². The molecule has 1 aromatic rings. The molecule has 2 heterocycles. The third kappa shape index (κ3) is 6.64. The molecule has 0 unspecified atom stereocenters. The van der Waals surface area contributed by atoms with Gasteiger partial charge >= 0.3 is 0 Å². The van der Waals surface area contributed by atoms with Crippen LogP contribution in [-0.2, 0) is 22.6 Å². The predicted octanol–water partition coefficient (Wildman–Crippen LogP) is -0.684. The van der Waals surface area contributed by atoms with Crippen molar-refractivity contribution in [1.29, 1.82) is 0 Å². The minimum atomic E-state index is -0.361. The number of aryl methyl sites for hydroxylation is 1. The standard InChI is InChI=1S/C17H32N6O3/c1-21(2)9-13-10-23(20-19-13)8-7-14-5-6-15(16(12-24)26-14)18-17(25)11-22(3)4/h10,14-16,24H,5-9,11-12H2,1-4H3,(H,18,25)/t14-,15+,16-/m1/s1. The Morgan fingerprint density at radius 3 is 2.77 bits per heavy atom. The number of nitrogens with one attached hydrogen (secondary N) is 1. The second kappa shape index (κ2) is 9.96. The van der Waals surface area contributed by atoms with E-state index in [1.165, 1.54) is 0 Å². The molecule has 0 aliphatic carbocycles. The molecule has 1 aromatic heterocycles. The largest absolute Gasteiger partial charge is 0.394 e. The lowest BCUT2D eigenvalue weighted by molar-refractivity contribution is -0.129. The van der Waals surface area contributed by atoms with E-state index in [1.54, 1.807) is 0 Å². The van der Waals surface area contributed by atoms with E-state index in [1.807, 2.05) is 44.0 Å². The summed E-state index contributed by atoms with van der Waals surface area (Å²) < 4.78 is 7.83.